The smallest absolute Gasteiger partial charge is 0.121 e. The lowest BCUT2D eigenvalue weighted by atomic mass is 10.2. The molecular formula is C8H10Cl2O3. The van der Waals surface area contributed by atoms with Gasteiger partial charge in [-0.3, -0.25) is 0 Å². The summed E-state index contributed by atoms with van der Waals surface area (Å²) >= 11 is 9.53. The third-order valence-electron chi connectivity index (χ3n) is 1.23. The third kappa shape index (κ3) is 4.83. The number of benzene rings is 1. The quantitative estimate of drug-likeness (QED) is 0.506. The van der Waals surface area contributed by atoms with Crippen LogP contribution >= 0.6 is 23.2 Å². The molecule has 3 nitrogen and oxygen atoms in total. The van der Waals surface area contributed by atoms with Gasteiger partial charge in [0.25, 0.3) is 0 Å². The van der Waals surface area contributed by atoms with Crippen molar-refractivity contribution in [1.82, 2.24) is 0 Å². The molecule has 0 radical (unpaired) electrons. The predicted octanol–water partition coefficient (Wildman–Crippen LogP) is 2.01. The first-order valence-corrected chi connectivity index (χ1v) is 4.46. The zero-order valence-corrected chi connectivity index (χ0v) is 8.26. The van der Waals surface area contributed by atoms with Crippen molar-refractivity contribution in [1.29, 1.82) is 0 Å². The van der Waals surface area contributed by atoms with E-state index < -0.39 is 0 Å². The highest BCUT2D eigenvalue weighted by molar-refractivity contribution is 6.40. The molecular weight excluding hydrogens is 215 g/mol. The average Bonchev–Trinajstić information content (AvgIpc) is 2.10. The fraction of sp³-hybridized carbons (Fsp3) is 0.250. The maximum absolute atomic E-state index is 8.96. The summed E-state index contributed by atoms with van der Waals surface area (Å²) < 4.78 is 0. The first-order valence-electron chi connectivity index (χ1n) is 3.39. The molecule has 0 aromatic heterocycles. The van der Waals surface area contributed by atoms with Crippen molar-refractivity contribution < 1.29 is 15.3 Å². The molecule has 1 aromatic carbocycles. The normalized spacial score (nSPS) is 8.85. The minimum atomic E-state index is -0.264. The molecule has 0 bridgehead atoms. The second-order valence-electron chi connectivity index (χ2n) is 2.07. The van der Waals surface area contributed by atoms with Gasteiger partial charge in [0.05, 0.1) is 11.9 Å². The zero-order valence-electron chi connectivity index (χ0n) is 6.74. The molecule has 0 aliphatic rings. The van der Waals surface area contributed by atoms with E-state index in [1.165, 1.54) is 18.2 Å². The molecule has 0 fully saturated rings. The predicted molar refractivity (Wildman–Crippen MR) is 52.3 cm³/mol. The van der Waals surface area contributed by atoms with Crippen LogP contribution in [0.4, 0.5) is 0 Å². The van der Waals surface area contributed by atoms with Crippen LogP contribution < -0.4 is 0 Å². The Labute approximate surface area is 86.2 Å². The second kappa shape index (κ2) is 6.83. The van der Waals surface area contributed by atoms with E-state index in [0.29, 0.717) is 5.56 Å². The molecule has 0 amide bonds. The van der Waals surface area contributed by atoms with E-state index in [-0.39, 0.29) is 23.4 Å². The Bertz CT molecular complexity index is 253. The van der Waals surface area contributed by atoms with Gasteiger partial charge in [-0.25, -0.2) is 0 Å². The summed E-state index contributed by atoms with van der Waals surface area (Å²) in [5, 5.41) is 26.6. The topological polar surface area (TPSA) is 60.7 Å². The number of aliphatic hydroxyl groups excluding tert-OH is 1. The van der Waals surface area contributed by atoms with E-state index >= 15 is 0 Å². The van der Waals surface area contributed by atoms with E-state index in [0.717, 1.165) is 0 Å². The van der Waals surface area contributed by atoms with Gasteiger partial charge < -0.3 is 15.3 Å². The van der Waals surface area contributed by atoms with Crippen LogP contribution in [0.5, 0.6) is 11.5 Å². The van der Waals surface area contributed by atoms with Gasteiger partial charge in [-0.15, -0.1) is 23.2 Å². The van der Waals surface area contributed by atoms with Crippen molar-refractivity contribution in [3.63, 3.8) is 0 Å². The molecule has 0 unspecified atom stereocenters. The Morgan fingerprint density at radius 3 is 2.08 bits per heavy atom. The van der Waals surface area contributed by atoms with Gasteiger partial charge in [0.2, 0.25) is 0 Å². The lowest BCUT2D eigenvalue weighted by Gasteiger charge is -1.99. The van der Waals surface area contributed by atoms with Gasteiger partial charge in [0, 0.05) is 5.56 Å². The number of aliphatic hydroxyl groups is 1. The van der Waals surface area contributed by atoms with Crippen molar-refractivity contribution >= 4 is 23.2 Å². The van der Waals surface area contributed by atoms with Crippen LogP contribution in [0.3, 0.4) is 0 Å². The molecule has 0 atom stereocenters. The number of aromatic hydroxyl groups is 2. The number of halogens is 2. The molecule has 0 aliphatic carbocycles. The molecule has 74 valence electrons. The summed E-state index contributed by atoms with van der Waals surface area (Å²) in [6.07, 6.45) is 0. The highest BCUT2D eigenvalue weighted by atomic mass is 35.5. The minimum absolute atomic E-state index is 0.000278. The lowest BCUT2D eigenvalue weighted by Crippen LogP contribution is -1.82. The Morgan fingerprint density at radius 2 is 1.69 bits per heavy atom. The fourth-order valence-electron chi connectivity index (χ4n) is 0.699. The van der Waals surface area contributed by atoms with Gasteiger partial charge >= 0.3 is 0 Å². The van der Waals surface area contributed by atoms with Crippen LogP contribution in [0.2, 0.25) is 0 Å². The third-order valence-corrected chi connectivity index (χ3v) is 1.23. The van der Waals surface area contributed by atoms with Gasteiger partial charge in [-0.05, 0) is 18.2 Å². The molecule has 13 heavy (non-hydrogen) atoms. The summed E-state index contributed by atoms with van der Waals surface area (Å²) in [6, 6.07) is 4.00. The number of alkyl halides is 2. The van der Waals surface area contributed by atoms with Crippen LogP contribution in [0.1, 0.15) is 5.56 Å². The monoisotopic (exact) mass is 224 g/mol. The molecule has 1 rings (SSSR count). The van der Waals surface area contributed by atoms with Gasteiger partial charge in [0.15, 0.2) is 0 Å². The van der Waals surface area contributed by atoms with E-state index in [4.69, 9.17) is 38.5 Å². The van der Waals surface area contributed by atoms with E-state index in [1.807, 2.05) is 0 Å². The van der Waals surface area contributed by atoms with Gasteiger partial charge in [-0.1, -0.05) is 0 Å². The van der Waals surface area contributed by atoms with Crippen molar-refractivity contribution in [3.05, 3.63) is 23.8 Å². The Balaban J connectivity index is 0.000000424. The summed E-state index contributed by atoms with van der Waals surface area (Å²) in [5.74, 6) is 0.0437. The minimum Gasteiger partial charge on any atom is -0.508 e. The SMILES string of the molecule is ClCCl.OCc1cc(O)ccc1O. The molecule has 0 saturated carbocycles. The maximum atomic E-state index is 8.96. The molecule has 3 N–H and O–H groups in total. The van der Waals surface area contributed by atoms with E-state index in [2.05, 4.69) is 0 Å². The molecule has 1 aromatic rings. The number of hydrogen-bond donors (Lipinski definition) is 3. The number of phenols is 2. The molecule has 0 heterocycles. The largest absolute Gasteiger partial charge is 0.508 e. The summed E-state index contributed by atoms with van der Waals surface area (Å²) in [4.78, 5) is 0. The molecule has 0 spiro atoms. The number of hydrogen-bond acceptors (Lipinski definition) is 3. The Kier molecular flexibility index (Phi) is 6.49. The van der Waals surface area contributed by atoms with Crippen molar-refractivity contribution in [2.45, 2.75) is 6.61 Å². The van der Waals surface area contributed by atoms with Crippen molar-refractivity contribution in [2.24, 2.45) is 0 Å². The highest BCUT2D eigenvalue weighted by Crippen LogP contribution is 2.21. The van der Waals surface area contributed by atoms with Crippen LogP contribution in [0, 0.1) is 0 Å². The van der Waals surface area contributed by atoms with Crippen molar-refractivity contribution in [2.75, 3.05) is 5.34 Å². The Hall–Kier alpha value is -0.640. The lowest BCUT2D eigenvalue weighted by molar-refractivity contribution is 0.274. The van der Waals surface area contributed by atoms with Crippen molar-refractivity contribution in [3.8, 4) is 11.5 Å². The van der Waals surface area contributed by atoms with Crippen LogP contribution in [-0.2, 0) is 6.61 Å². The van der Waals surface area contributed by atoms with Crippen LogP contribution in [0.25, 0.3) is 0 Å². The highest BCUT2D eigenvalue weighted by Gasteiger charge is 1.98. The number of phenolic OH excluding ortho intramolecular Hbond substituents is 1. The first kappa shape index (κ1) is 12.4. The van der Waals surface area contributed by atoms with Crippen LogP contribution in [-0.4, -0.2) is 20.7 Å². The molecule has 0 saturated heterocycles. The summed E-state index contributed by atoms with van der Waals surface area (Å²) in [7, 11) is 0. The van der Waals surface area contributed by atoms with E-state index in [9.17, 15) is 0 Å². The fourth-order valence-corrected chi connectivity index (χ4v) is 0.699. The van der Waals surface area contributed by atoms with Gasteiger partial charge in [0.1, 0.15) is 11.5 Å². The molecule has 5 heteroatoms. The van der Waals surface area contributed by atoms with E-state index in [1.54, 1.807) is 0 Å². The standard InChI is InChI=1S/C7H8O3.CH2Cl2/c8-4-5-3-6(9)1-2-7(5)10;2-1-3/h1-3,8-10H,4H2;1H2. The van der Waals surface area contributed by atoms with Crippen LogP contribution in [0.15, 0.2) is 18.2 Å². The average molecular weight is 225 g/mol. The molecule has 0 aliphatic heterocycles. The zero-order chi connectivity index (χ0) is 10.3. The van der Waals surface area contributed by atoms with Gasteiger partial charge in [-0.2, -0.15) is 0 Å². The number of rotatable bonds is 1. The maximum Gasteiger partial charge on any atom is 0.121 e. The Morgan fingerprint density at radius 1 is 1.15 bits per heavy atom. The second-order valence-corrected chi connectivity index (χ2v) is 2.88. The summed E-state index contributed by atoms with van der Waals surface area (Å²) in [6.45, 7) is -0.264. The summed E-state index contributed by atoms with van der Waals surface area (Å²) in [5.41, 5.74) is 0.333. The first-order chi connectivity index (χ1) is 6.15.